The molecule has 2 aromatic carbocycles. The van der Waals surface area contributed by atoms with Crippen LogP contribution >= 0.6 is 11.6 Å². The standard InChI is InChI=1S/C23H30ClN3O2/c1-28-23-5-3-2-4-22(23)27-12-10-25(11-13-27)17-21-18-26(14-15-29-21)16-19-6-8-20(24)9-7-19/h2-9,21H,10-18H2,1H3. The van der Waals surface area contributed by atoms with Crippen molar-refractivity contribution < 1.29 is 9.47 Å². The summed E-state index contributed by atoms with van der Waals surface area (Å²) < 4.78 is 11.6. The van der Waals surface area contributed by atoms with Gasteiger partial charge in [-0.1, -0.05) is 35.9 Å². The van der Waals surface area contributed by atoms with E-state index >= 15 is 0 Å². The number of benzene rings is 2. The predicted octanol–water partition coefficient (Wildman–Crippen LogP) is 3.37. The Morgan fingerprint density at radius 2 is 1.72 bits per heavy atom. The van der Waals surface area contributed by atoms with E-state index in [0.717, 1.165) is 69.7 Å². The number of hydrogen-bond acceptors (Lipinski definition) is 5. The SMILES string of the molecule is COc1ccccc1N1CCN(CC2CN(Cc3ccc(Cl)cc3)CCO2)CC1. The van der Waals surface area contributed by atoms with E-state index in [0.29, 0.717) is 0 Å². The summed E-state index contributed by atoms with van der Waals surface area (Å²) in [6.45, 7) is 8.86. The van der Waals surface area contributed by atoms with E-state index in [-0.39, 0.29) is 6.10 Å². The van der Waals surface area contributed by atoms with Crippen LogP contribution in [0.1, 0.15) is 5.56 Å². The van der Waals surface area contributed by atoms with Gasteiger partial charge in [-0.3, -0.25) is 9.80 Å². The van der Waals surface area contributed by atoms with E-state index in [9.17, 15) is 0 Å². The molecule has 5 nitrogen and oxygen atoms in total. The van der Waals surface area contributed by atoms with Gasteiger partial charge in [-0.25, -0.2) is 0 Å². The Kier molecular flexibility index (Phi) is 6.93. The Morgan fingerprint density at radius 1 is 0.966 bits per heavy atom. The minimum atomic E-state index is 0.272. The third kappa shape index (κ3) is 5.43. The van der Waals surface area contributed by atoms with Gasteiger partial charge in [-0.05, 0) is 29.8 Å². The first kappa shape index (κ1) is 20.5. The minimum absolute atomic E-state index is 0.272. The maximum absolute atomic E-state index is 6.08. The molecule has 0 saturated carbocycles. The lowest BCUT2D eigenvalue weighted by Gasteiger charge is -2.40. The van der Waals surface area contributed by atoms with Gasteiger partial charge >= 0.3 is 0 Å². The van der Waals surface area contributed by atoms with Crippen molar-refractivity contribution in [3.8, 4) is 5.75 Å². The Bertz CT molecular complexity index is 778. The molecule has 1 unspecified atom stereocenters. The largest absolute Gasteiger partial charge is 0.495 e. The zero-order chi connectivity index (χ0) is 20.1. The molecule has 0 spiro atoms. The van der Waals surface area contributed by atoms with Crippen molar-refractivity contribution in [2.24, 2.45) is 0 Å². The smallest absolute Gasteiger partial charge is 0.142 e. The van der Waals surface area contributed by atoms with E-state index in [4.69, 9.17) is 21.1 Å². The number of hydrogen-bond donors (Lipinski definition) is 0. The normalized spacial score (nSPS) is 21.3. The van der Waals surface area contributed by atoms with Crippen molar-refractivity contribution in [1.82, 2.24) is 9.80 Å². The molecule has 0 amide bonds. The second-order valence-electron chi connectivity index (χ2n) is 7.81. The molecule has 0 aliphatic carbocycles. The Balaban J connectivity index is 1.26. The molecule has 2 heterocycles. The third-order valence-corrected chi connectivity index (χ3v) is 6.05. The quantitative estimate of drug-likeness (QED) is 0.721. The Hall–Kier alpha value is -1.79. The molecule has 0 bridgehead atoms. The summed E-state index contributed by atoms with van der Waals surface area (Å²) in [5, 5.41) is 0.792. The van der Waals surface area contributed by atoms with Gasteiger partial charge in [0, 0.05) is 57.4 Å². The fourth-order valence-corrected chi connectivity index (χ4v) is 4.36. The first-order valence-electron chi connectivity index (χ1n) is 10.4. The van der Waals surface area contributed by atoms with Gasteiger partial charge in [0.15, 0.2) is 0 Å². The van der Waals surface area contributed by atoms with Gasteiger partial charge in [-0.15, -0.1) is 0 Å². The summed E-state index contributed by atoms with van der Waals surface area (Å²) in [5.74, 6) is 0.953. The van der Waals surface area contributed by atoms with Crippen LogP contribution in [0, 0.1) is 0 Å². The van der Waals surface area contributed by atoms with Crippen LogP contribution < -0.4 is 9.64 Å². The molecule has 2 aromatic rings. The van der Waals surface area contributed by atoms with E-state index in [2.05, 4.69) is 39.0 Å². The molecule has 2 aliphatic rings. The lowest BCUT2D eigenvalue weighted by atomic mass is 10.1. The zero-order valence-electron chi connectivity index (χ0n) is 17.1. The molecule has 6 heteroatoms. The van der Waals surface area contributed by atoms with Crippen LogP contribution in [0.3, 0.4) is 0 Å². The average Bonchev–Trinajstić information content (AvgIpc) is 2.76. The van der Waals surface area contributed by atoms with Crippen LogP contribution in [0.4, 0.5) is 5.69 Å². The Labute approximate surface area is 178 Å². The van der Waals surface area contributed by atoms with Crippen LogP contribution in [0.2, 0.25) is 5.02 Å². The maximum Gasteiger partial charge on any atom is 0.142 e. The topological polar surface area (TPSA) is 28.2 Å². The first-order valence-corrected chi connectivity index (χ1v) is 10.8. The molecule has 2 saturated heterocycles. The van der Waals surface area contributed by atoms with E-state index < -0.39 is 0 Å². The van der Waals surface area contributed by atoms with E-state index in [1.54, 1.807) is 7.11 Å². The highest BCUT2D eigenvalue weighted by atomic mass is 35.5. The van der Waals surface area contributed by atoms with Crippen LogP contribution in [0.15, 0.2) is 48.5 Å². The minimum Gasteiger partial charge on any atom is -0.495 e. The molecule has 4 rings (SSSR count). The van der Waals surface area contributed by atoms with Crippen molar-refractivity contribution in [1.29, 1.82) is 0 Å². The number of rotatable bonds is 6. The molecule has 2 fully saturated rings. The average molecular weight is 416 g/mol. The number of morpholine rings is 1. The molecule has 0 aromatic heterocycles. The van der Waals surface area contributed by atoms with Gasteiger partial charge < -0.3 is 14.4 Å². The second kappa shape index (κ2) is 9.81. The molecular weight excluding hydrogens is 386 g/mol. The number of methoxy groups -OCH3 is 1. The van der Waals surface area contributed by atoms with Gasteiger partial charge in [0.2, 0.25) is 0 Å². The zero-order valence-corrected chi connectivity index (χ0v) is 17.9. The number of ether oxygens (including phenoxy) is 2. The summed E-state index contributed by atoms with van der Waals surface area (Å²) in [4.78, 5) is 7.44. The number of nitrogens with zero attached hydrogens (tertiary/aromatic N) is 3. The highest BCUT2D eigenvalue weighted by Gasteiger charge is 2.25. The summed E-state index contributed by atoms with van der Waals surface area (Å²) in [6.07, 6.45) is 0.272. The maximum atomic E-state index is 6.08. The number of para-hydroxylation sites is 2. The van der Waals surface area contributed by atoms with Crippen molar-refractivity contribution >= 4 is 17.3 Å². The second-order valence-corrected chi connectivity index (χ2v) is 8.25. The predicted molar refractivity (Wildman–Crippen MR) is 118 cm³/mol. The van der Waals surface area contributed by atoms with Gasteiger partial charge in [0.05, 0.1) is 25.5 Å². The fraction of sp³-hybridized carbons (Fsp3) is 0.478. The summed E-state index contributed by atoms with van der Waals surface area (Å²) in [7, 11) is 1.74. The monoisotopic (exact) mass is 415 g/mol. The lowest BCUT2D eigenvalue weighted by Crippen LogP contribution is -2.52. The van der Waals surface area contributed by atoms with Crippen LogP contribution in [0.25, 0.3) is 0 Å². The van der Waals surface area contributed by atoms with Crippen molar-refractivity contribution in [2.75, 3.05) is 64.4 Å². The van der Waals surface area contributed by atoms with Crippen molar-refractivity contribution in [3.63, 3.8) is 0 Å². The molecule has 29 heavy (non-hydrogen) atoms. The summed E-state index contributed by atoms with van der Waals surface area (Å²) >= 11 is 6.00. The molecular formula is C23H30ClN3O2. The summed E-state index contributed by atoms with van der Waals surface area (Å²) in [6, 6.07) is 16.4. The first-order chi connectivity index (χ1) is 14.2. The van der Waals surface area contributed by atoms with Gasteiger partial charge in [0.25, 0.3) is 0 Å². The highest BCUT2D eigenvalue weighted by molar-refractivity contribution is 6.30. The van der Waals surface area contributed by atoms with E-state index in [1.807, 2.05) is 24.3 Å². The molecule has 2 aliphatic heterocycles. The molecule has 1 atom stereocenters. The van der Waals surface area contributed by atoms with Crippen molar-refractivity contribution in [2.45, 2.75) is 12.6 Å². The lowest BCUT2D eigenvalue weighted by molar-refractivity contribution is -0.0463. The molecule has 156 valence electrons. The molecule has 0 radical (unpaired) electrons. The van der Waals surface area contributed by atoms with Crippen molar-refractivity contribution in [3.05, 3.63) is 59.1 Å². The summed E-state index contributed by atoms with van der Waals surface area (Å²) in [5.41, 5.74) is 2.50. The van der Waals surface area contributed by atoms with E-state index in [1.165, 1.54) is 11.3 Å². The van der Waals surface area contributed by atoms with Gasteiger partial charge in [-0.2, -0.15) is 0 Å². The number of piperazine rings is 1. The van der Waals surface area contributed by atoms with Crippen LogP contribution in [0.5, 0.6) is 5.75 Å². The number of anilines is 1. The van der Waals surface area contributed by atoms with Gasteiger partial charge in [0.1, 0.15) is 5.75 Å². The highest BCUT2D eigenvalue weighted by Crippen LogP contribution is 2.28. The fourth-order valence-electron chi connectivity index (χ4n) is 4.23. The third-order valence-electron chi connectivity index (χ3n) is 5.80. The number of halogens is 1. The Morgan fingerprint density at radius 3 is 2.48 bits per heavy atom. The molecule has 0 N–H and O–H groups in total. The van der Waals surface area contributed by atoms with Crippen LogP contribution in [-0.2, 0) is 11.3 Å². The van der Waals surface area contributed by atoms with Crippen LogP contribution in [-0.4, -0.2) is 75.4 Å².